The molecule has 0 radical (unpaired) electrons. The van der Waals surface area contributed by atoms with Crippen molar-refractivity contribution in [3.63, 3.8) is 0 Å². The maximum atomic E-state index is 12.9. The van der Waals surface area contributed by atoms with Gasteiger partial charge in [-0.3, -0.25) is 9.80 Å². The first-order chi connectivity index (χ1) is 7.23. The second-order valence-electron chi connectivity index (χ2n) is 4.98. The Morgan fingerprint density at radius 1 is 1.00 bits per heavy atom. The first-order valence-electron chi connectivity index (χ1n) is 5.80. The van der Waals surface area contributed by atoms with E-state index >= 15 is 0 Å². The minimum Gasteiger partial charge on any atom is -0.298 e. The molecule has 5 heteroatoms. The quantitative estimate of drug-likeness (QED) is 0.728. The molecule has 0 aromatic heterocycles. The van der Waals surface area contributed by atoms with Gasteiger partial charge in [0.15, 0.2) is 0 Å². The van der Waals surface area contributed by atoms with Crippen LogP contribution in [0.15, 0.2) is 0 Å². The predicted octanol–water partition coefficient (Wildman–Crippen LogP) is 2.35. The highest BCUT2D eigenvalue weighted by Gasteiger charge is 2.47. The summed E-state index contributed by atoms with van der Waals surface area (Å²) in [6, 6.07) is -1.19. The lowest BCUT2D eigenvalue weighted by atomic mass is 10.1. The second-order valence-corrected chi connectivity index (χ2v) is 4.98. The van der Waals surface area contributed by atoms with Crippen molar-refractivity contribution in [1.82, 2.24) is 9.80 Å². The number of hydrogen-bond donors (Lipinski definition) is 0. The Labute approximate surface area is 95.4 Å². The van der Waals surface area contributed by atoms with E-state index in [0.29, 0.717) is 6.54 Å². The zero-order valence-corrected chi connectivity index (χ0v) is 10.4. The average molecular weight is 238 g/mol. The van der Waals surface area contributed by atoms with Gasteiger partial charge in [0.25, 0.3) is 0 Å². The molecule has 1 saturated heterocycles. The van der Waals surface area contributed by atoms with Crippen molar-refractivity contribution in [3.8, 4) is 0 Å². The third-order valence-electron chi connectivity index (χ3n) is 3.22. The fourth-order valence-corrected chi connectivity index (χ4v) is 2.20. The molecule has 0 aliphatic carbocycles. The van der Waals surface area contributed by atoms with Crippen LogP contribution in [0.25, 0.3) is 0 Å². The van der Waals surface area contributed by atoms with Gasteiger partial charge in [0, 0.05) is 31.7 Å². The van der Waals surface area contributed by atoms with Crippen molar-refractivity contribution in [2.75, 3.05) is 19.6 Å². The number of piperazine rings is 1. The van der Waals surface area contributed by atoms with Crippen molar-refractivity contribution < 1.29 is 13.2 Å². The van der Waals surface area contributed by atoms with Crippen LogP contribution < -0.4 is 0 Å². The van der Waals surface area contributed by atoms with Crippen molar-refractivity contribution in [1.29, 1.82) is 0 Å². The van der Waals surface area contributed by atoms with E-state index in [2.05, 4.69) is 0 Å². The van der Waals surface area contributed by atoms with E-state index in [0.717, 1.165) is 6.54 Å². The number of hydrogen-bond acceptors (Lipinski definition) is 2. The third kappa shape index (κ3) is 3.10. The van der Waals surface area contributed by atoms with E-state index in [-0.39, 0.29) is 18.6 Å². The first kappa shape index (κ1) is 13.8. The summed E-state index contributed by atoms with van der Waals surface area (Å²) in [4.78, 5) is 3.45. The van der Waals surface area contributed by atoms with Crippen LogP contribution in [-0.2, 0) is 0 Å². The van der Waals surface area contributed by atoms with Crippen molar-refractivity contribution >= 4 is 0 Å². The number of rotatable bonds is 2. The highest BCUT2D eigenvalue weighted by molar-refractivity contribution is 4.89. The third-order valence-corrected chi connectivity index (χ3v) is 3.22. The topological polar surface area (TPSA) is 6.48 Å². The molecule has 1 fully saturated rings. The minimum atomic E-state index is -4.13. The fraction of sp³-hybridized carbons (Fsp3) is 1.00. The second kappa shape index (κ2) is 4.92. The van der Waals surface area contributed by atoms with Crippen LogP contribution in [0.3, 0.4) is 0 Å². The Morgan fingerprint density at radius 2 is 1.56 bits per heavy atom. The summed E-state index contributed by atoms with van der Waals surface area (Å²) in [5.41, 5.74) is 0. The van der Waals surface area contributed by atoms with E-state index in [1.807, 2.05) is 32.6 Å². The molecule has 0 spiro atoms. The van der Waals surface area contributed by atoms with Crippen LogP contribution in [0.1, 0.15) is 27.7 Å². The van der Waals surface area contributed by atoms with Crippen LogP contribution in [0.5, 0.6) is 0 Å². The summed E-state index contributed by atoms with van der Waals surface area (Å²) in [5.74, 6) is 0. The van der Waals surface area contributed by atoms with Gasteiger partial charge in [-0.2, -0.15) is 13.2 Å². The Bertz CT molecular complexity index is 226. The lowest BCUT2D eigenvalue weighted by Crippen LogP contribution is -2.61. The molecule has 0 bridgehead atoms. The summed E-state index contributed by atoms with van der Waals surface area (Å²) in [7, 11) is 0. The molecular weight excluding hydrogens is 217 g/mol. The molecule has 0 saturated carbocycles. The predicted molar refractivity (Wildman–Crippen MR) is 58.4 cm³/mol. The van der Waals surface area contributed by atoms with Crippen LogP contribution >= 0.6 is 0 Å². The molecule has 1 aliphatic rings. The van der Waals surface area contributed by atoms with Crippen molar-refractivity contribution in [3.05, 3.63) is 0 Å². The van der Waals surface area contributed by atoms with Crippen LogP contribution in [0.2, 0.25) is 0 Å². The Hall–Kier alpha value is -0.290. The summed E-state index contributed by atoms with van der Waals surface area (Å²) in [6.07, 6.45) is -4.13. The first-order valence-corrected chi connectivity index (χ1v) is 5.80. The summed E-state index contributed by atoms with van der Waals surface area (Å²) in [5, 5.41) is 0. The van der Waals surface area contributed by atoms with Crippen molar-refractivity contribution in [2.45, 2.75) is 52.0 Å². The largest absolute Gasteiger partial charge is 0.405 e. The van der Waals surface area contributed by atoms with Gasteiger partial charge in [-0.25, -0.2) is 0 Å². The van der Waals surface area contributed by atoms with E-state index < -0.39 is 12.2 Å². The summed E-state index contributed by atoms with van der Waals surface area (Å²) in [6.45, 7) is 8.85. The average Bonchev–Trinajstić information content (AvgIpc) is 2.15. The van der Waals surface area contributed by atoms with E-state index in [1.165, 1.54) is 0 Å². The van der Waals surface area contributed by atoms with Gasteiger partial charge >= 0.3 is 6.18 Å². The van der Waals surface area contributed by atoms with Crippen LogP contribution in [0, 0.1) is 0 Å². The standard InChI is InChI=1S/C11H21F3N2/c1-8(2)15-5-6-16(9(3)4)10(7-15)11(12,13)14/h8-10H,5-7H2,1-4H3/t10-/m1/s1. The number of alkyl halides is 3. The molecule has 0 aromatic rings. The molecule has 0 amide bonds. The lowest BCUT2D eigenvalue weighted by molar-refractivity contribution is -0.203. The Morgan fingerprint density at radius 3 is 1.94 bits per heavy atom. The molecule has 0 aromatic carbocycles. The van der Waals surface area contributed by atoms with Gasteiger partial charge in [-0.1, -0.05) is 0 Å². The van der Waals surface area contributed by atoms with Gasteiger partial charge < -0.3 is 0 Å². The summed E-state index contributed by atoms with van der Waals surface area (Å²) >= 11 is 0. The van der Waals surface area contributed by atoms with E-state index in [9.17, 15) is 13.2 Å². The highest BCUT2D eigenvalue weighted by Crippen LogP contribution is 2.29. The Kier molecular flexibility index (Phi) is 4.23. The molecule has 2 nitrogen and oxygen atoms in total. The van der Waals surface area contributed by atoms with Crippen LogP contribution in [-0.4, -0.2) is 53.7 Å². The zero-order valence-electron chi connectivity index (χ0n) is 10.4. The number of nitrogens with zero attached hydrogens (tertiary/aromatic N) is 2. The zero-order chi connectivity index (χ0) is 12.5. The maximum absolute atomic E-state index is 12.9. The maximum Gasteiger partial charge on any atom is 0.405 e. The highest BCUT2D eigenvalue weighted by atomic mass is 19.4. The SMILES string of the molecule is CC(C)N1CCN(C(C)C)[C@@H](C(F)(F)F)C1. The molecule has 16 heavy (non-hydrogen) atoms. The van der Waals surface area contributed by atoms with Gasteiger partial charge in [0.05, 0.1) is 0 Å². The molecule has 1 rings (SSSR count). The molecule has 0 unspecified atom stereocenters. The molecule has 0 N–H and O–H groups in total. The molecular formula is C11H21F3N2. The van der Waals surface area contributed by atoms with Gasteiger partial charge in [0.2, 0.25) is 0 Å². The fourth-order valence-electron chi connectivity index (χ4n) is 2.20. The van der Waals surface area contributed by atoms with Gasteiger partial charge in [-0.15, -0.1) is 0 Å². The Balaban J connectivity index is 2.78. The van der Waals surface area contributed by atoms with E-state index in [1.54, 1.807) is 4.90 Å². The molecule has 96 valence electrons. The molecule has 1 atom stereocenters. The van der Waals surface area contributed by atoms with Crippen molar-refractivity contribution in [2.24, 2.45) is 0 Å². The molecule has 1 heterocycles. The molecule has 1 aliphatic heterocycles. The normalized spacial score (nSPS) is 25.7. The smallest absolute Gasteiger partial charge is 0.298 e. The monoisotopic (exact) mass is 238 g/mol. The summed E-state index contributed by atoms with van der Waals surface area (Å²) < 4.78 is 38.8. The lowest BCUT2D eigenvalue weighted by Gasteiger charge is -2.45. The number of halogens is 3. The minimum absolute atomic E-state index is 0.0547. The van der Waals surface area contributed by atoms with Gasteiger partial charge in [-0.05, 0) is 27.7 Å². The van der Waals surface area contributed by atoms with E-state index in [4.69, 9.17) is 0 Å². The van der Waals surface area contributed by atoms with Crippen LogP contribution in [0.4, 0.5) is 13.2 Å². The van der Waals surface area contributed by atoms with Gasteiger partial charge in [0.1, 0.15) is 6.04 Å².